The second kappa shape index (κ2) is 6.44. The van der Waals surface area contributed by atoms with Gasteiger partial charge in [-0.2, -0.15) is 4.98 Å². The summed E-state index contributed by atoms with van der Waals surface area (Å²) in [7, 11) is -0.396. The van der Waals surface area contributed by atoms with Crippen LogP contribution in [-0.4, -0.2) is 28.6 Å². The van der Waals surface area contributed by atoms with Crippen molar-refractivity contribution < 1.29 is 13.9 Å². The number of nitrogens with zero attached hydrogens (tertiary/aromatic N) is 3. The van der Waals surface area contributed by atoms with Gasteiger partial charge in [0.25, 0.3) is 10.9 Å². The van der Waals surface area contributed by atoms with Gasteiger partial charge in [0.15, 0.2) is 5.82 Å². The molecule has 0 saturated carbocycles. The molecule has 0 fully saturated rings. The van der Waals surface area contributed by atoms with Crippen LogP contribution in [0.1, 0.15) is 43.4 Å². The minimum absolute atomic E-state index is 0.163. The average molecular weight is 278 g/mol. The van der Waals surface area contributed by atoms with Crippen molar-refractivity contribution in [2.75, 3.05) is 13.7 Å². The van der Waals surface area contributed by atoms with E-state index in [1.54, 1.807) is 0 Å². The summed E-state index contributed by atoms with van der Waals surface area (Å²) in [6.45, 7) is 6.24. The summed E-state index contributed by atoms with van der Waals surface area (Å²) >= 11 is 4.24. The molecule has 2 unspecified atom stereocenters. The van der Waals surface area contributed by atoms with E-state index < -0.39 is 12.9 Å². The fourth-order valence-corrected chi connectivity index (χ4v) is 2.58. The van der Waals surface area contributed by atoms with Crippen molar-refractivity contribution in [3.8, 4) is 0 Å². The molecule has 0 radical (unpaired) electrons. The third-order valence-electron chi connectivity index (χ3n) is 2.11. The first kappa shape index (κ1) is 14.6. The van der Waals surface area contributed by atoms with Crippen LogP contribution in [0.2, 0.25) is 0 Å². The zero-order valence-corrected chi connectivity index (χ0v) is 12.1. The molecule has 0 aliphatic carbocycles. The van der Waals surface area contributed by atoms with E-state index in [1.165, 1.54) is 11.9 Å². The van der Waals surface area contributed by atoms with Crippen molar-refractivity contribution in [3.63, 3.8) is 0 Å². The predicted molar refractivity (Wildman–Crippen MR) is 67.1 cm³/mol. The van der Waals surface area contributed by atoms with E-state index in [-0.39, 0.29) is 11.8 Å². The Labute approximate surface area is 107 Å². The molecule has 0 aliphatic rings. The smallest absolute Gasteiger partial charge is 0.333 e. The van der Waals surface area contributed by atoms with Crippen molar-refractivity contribution in [2.45, 2.75) is 31.7 Å². The zero-order valence-electron chi connectivity index (χ0n) is 10.3. The topological polar surface area (TPSA) is 68.5 Å². The molecule has 0 saturated heterocycles. The van der Waals surface area contributed by atoms with Gasteiger partial charge in [-0.05, 0) is 11.5 Å². The summed E-state index contributed by atoms with van der Waals surface area (Å²) in [5, 5.41) is 3.81. The van der Waals surface area contributed by atoms with E-state index in [9.17, 15) is 4.57 Å². The van der Waals surface area contributed by atoms with Gasteiger partial charge < -0.3 is 4.52 Å². The third kappa shape index (κ3) is 3.48. The lowest BCUT2D eigenvalue weighted by Gasteiger charge is -2.05. The van der Waals surface area contributed by atoms with E-state index in [0.29, 0.717) is 12.4 Å². The van der Waals surface area contributed by atoms with E-state index >= 15 is 0 Å². The van der Waals surface area contributed by atoms with E-state index in [2.05, 4.69) is 22.8 Å². The van der Waals surface area contributed by atoms with Crippen LogP contribution in [-0.2, 0) is 9.40 Å². The fourth-order valence-electron chi connectivity index (χ4n) is 1.15. The molecule has 0 aliphatic heterocycles. The molecule has 1 rings (SSSR count). The number of rotatable bonds is 6. The SMILES string of the molecule is CCN(OC)[P+](=O)C(S)c1nc(C(C)C)no1. The standard InChI is InChI=1S/C9H16N3O3PS/c1-5-12(14-4)16(13)9(17)8-10-7(6(2)3)11-15-8/h6,9H,5H2,1-4H3/p+1. The first-order chi connectivity index (χ1) is 8.01. The van der Waals surface area contributed by atoms with Crippen LogP contribution < -0.4 is 0 Å². The van der Waals surface area contributed by atoms with Crippen molar-refractivity contribution in [2.24, 2.45) is 0 Å². The van der Waals surface area contributed by atoms with Crippen molar-refractivity contribution in [3.05, 3.63) is 11.7 Å². The molecule has 0 N–H and O–H groups in total. The van der Waals surface area contributed by atoms with Gasteiger partial charge in [-0.15, -0.1) is 12.6 Å². The van der Waals surface area contributed by atoms with Gasteiger partial charge >= 0.3 is 7.95 Å². The molecule has 0 bridgehead atoms. The molecule has 1 aromatic rings. The van der Waals surface area contributed by atoms with Gasteiger partial charge in [0.2, 0.25) is 0 Å². The Morgan fingerprint density at radius 1 is 1.59 bits per heavy atom. The minimum atomic E-state index is -1.86. The van der Waals surface area contributed by atoms with Crippen molar-refractivity contribution in [1.82, 2.24) is 15.0 Å². The number of hydroxylamine groups is 1. The Kier molecular flexibility index (Phi) is 5.52. The van der Waals surface area contributed by atoms with E-state index in [4.69, 9.17) is 9.36 Å². The number of thiol groups is 1. The van der Waals surface area contributed by atoms with E-state index in [1.807, 2.05) is 20.8 Å². The maximum Gasteiger partial charge on any atom is 0.484 e. The third-order valence-corrected chi connectivity index (χ3v) is 4.44. The minimum Gasteiger partial charge on any atom is -0.333 e. The quantitative estimate of drug-likeness (QED) is 0.490. The predicted octanol–water partition coefficient (Wildman–Crippen LogP) is 2.75. The summed E-state index contributed by atoms with van der Waals surface area (Å²) < 4.78 is 17.1. The van der Waals surface area contributed by atoms with Crippen molar-refractivity contribution >= 4 is 20.6 Å². The largest absolute Gasteiger partial charge is 0.484 e. The first-order valence-corrected chi connectivity index (χ1v) is 7.10. The summed E-state index contributed by atoms with van der Waals surface area (Å²) in [6.07, 6.45) is 0. The van der Waals surface area contributed by atoms with Crippen LogP contribution >= 0.6 is 20.6 Å². The maximum absolute atomic E-state index is 12.0. The monoisotopic (exact) mass is 278 g/mol. The van der Waals surface area contributed by atoms with Crippen LogP contribution in [0.15, 0.2) is 4.52 Å². The lowest BCUT2D eigenvalue weighted by Crippen LogP contribution is -2.14. The molecule has 0 amide bonds. The van der Waals surface area contributed by atoms with Crippen LogP contribution in [0.5, 0.6) is 0 Å². The maximum atomic E-state index is 12.0. The average Bonchev–Trinajstić information content (AvgIpc) is 2.78. The Balaban J connectivity index is 2.81. The van der Waals surface area contributed by atoms with Gasteiger partial charge in [-0.1, -0.05) is 19.0 Å². The van der Waals surface area contributed by atoms with Crippen LogP contribution in [0.3, 0.4) is 0 Å². The Hall–Kier alpha value is -0.490. The first-order valence-electron chi connectivity index (χ1n) is 5.30. The molecule has 6 nitrogen and oxygen atoms in total. The Morgan fingerprint density at radius 2 is 2.24 bits per heavy atom. The molecular formula is C9H17N3O3PS+. The summed E-state index contributed by atoms with van der Waals surface area (Å²) in [5.74, 6) is 1.01. The van der Waals surface area contributed by atoms with Crippen LogP contribution in [0.4, 0.5) is 0 Å². The highest BCUT2D eigenvalue weighted by Gasteiger charge is 2.40. The molecular weight excluding hydrogens is 261 g/mol. The molecule has 2 atom stereocenters. The Bertz CT molecular complexity index is 381. The van der Waals surface area contributed by atoms with Crippen LogP contribution in [0.25, 0.3) is 0 Å². The molecule has 8 heteroatoms. The van der Waals surface area contributed by atoms with Gasteiger partial charge in [-0.3, -0.25) is 4.84 Å². The van der Waals surface area contributed by atoms with Gasteiger partial charge in [0.05, 0.1) is 13.7 Å². The summed E-state index contributed by atoms with van der Waals surface area (Å²) in [6, 6.07) is 0. The van der Waals surface area contributed by atoms with E-state index in [0.717, 1.165) is 0 Å². The number of hydrogen-bond donors (Lipinski definition) is 1. The number of aromatic nitrogens is 2. The summed E-state index contributed by atoms with van der Waals surface area (Å²) in [4.78, 5) is 9.82. The normalized spacial score (nSPS) is 14.4. The molecule has 1 aromatic heterocycles. The van der Waals surface area contributed by atoms with Gasteiger partial charge in [-0.25, -0.2) is 0 Å². The highest BCUT2D eigenvalue weighted by atomic mass is 32.1. The molecule has 1 heterocycles. The Morgan fingerprint density at radius 3 is 2.65 bits per heavy atom. The second-order valence-corrected chi connectivity index (χ2v) is 6.16. The lowest BCUT2D eigenvalue weighted by molar-refractivity contribution is -0.0438. The van der Waals surface area contributed by atoms with Crippen molar-refractivity contribution in [1.29, 1.82) is 0 Å². The highest BCUT2D eigenvalue weighted by molar-refractivity contribution is 7.87. The highest BCUT2D eigenvalue weighted by Crippen LogP contribution is 2.46. The second-order valence-electron chi connectivity index (χ2n) is 3.67. The fraction of sp³-hybridized carbons (Fsp3) is 0.778. The number of hydrogen-bond acceptors (Lipinski definition) is 6. The summed E-state index contributed by atoms with van der Waals surface area (Å²) in [5.41, 5.74) is 0. The zero-order chi connectivity index (χ0) is 13.0. The molecule has 96 valence electrons. The molecule has 0 aromatic carbocycles. The van der Waals surface area contributed by atoms with Gasteiger partial charge in [0, 0.05) is 10.8 Å². The lowest BCUT2D eigenvalue weighted by atomic mass is 10.2. The molecule has 17 heavy (non-hydrogen) atoms. The van der Waals surface area contributed by atoms with Crippen LogP contribution in [0, 0.1) is 0 Å². The van der Waals surface area contributed by atoms with Gasteiger partial charge in [0.1, 0.15) is 0 Å². The molecule has 0 spiro atoms.